The summed E-state index contributed by atoms with van der Waals surface area (Å²) in [5.74, 6) is 1.35. The van der Waals surface area contributed by atoms with Crippen LogP contribution in [0.25, 0.3) is 55.6 Å². The summed E-state index contributed by atoms with van der Waals surface area (Å²) in [6.07, 6.45) is 10.6. The van der Waals surface area contributed by atoms with Gasteiger partial charge in [0.1, 0.15) is 5.58 Å². The molecule has 261 valence electrons. The molecule has 7 aromatic rings. The van der Waals surface area contributed by atoms with E-state index >= 15 is 0 Å². The average molecular weight is 863 g/mol. The van der Waals surface area contributed by atoms with Crippen LogP contribution in [0.4, 0.5) is 0 Å². The van der Waals surface area contributed by atoms with Crippen LogP contribution in [0.15, 0.2) is 120 Å². The van der Waals surface area contributed by atoms with E-state index in [0.29, 0.717) is 5.92 Å². The van der Waals surface area contributed by atoms with E-state index in [9.17, 15) is 0 Å². The fourth-order valence-electron chi connectivity index (χ4n) is 7.40. The van der Waals surface area contributed by atoms with Gasteiger partial charge in [0.05, 0.1) is 13.7 Å². The molecule has 1 aliphatic rings. The molecule has 5 heteroatoms. The molecule has 3 heterocycles. The first-order valence-corrected chi connectivity index (χ1v) is 21.6. The molecule has 0 aliphatic heterocycles. The summed E-state index contributed by atoms with van der Waals surface area (Å²) < 4.78 is 6.40. The van der Waals surface area contributed by atoms with Crippen LogP contribution in [0.1, 0.15) is 56.6 Å². The van der Waals surface area contributed by atoms with Crippen molar-refractivity contribution < 1.29 is 24.5 Å². The van der Waals surface area contributed by atoms with Crippen LogP contribution in [-0.4, -0.2) is 18.0 Å². The van der Waals surface area contributed by atoms with E-state index in [0.717, 1.165) is 56.8 Å². The van der Waals surface area contributed by atoms with Crippen molar-refractivity contribution in [3.8, 4) is 33.6 Å². The number of nitrogens with zero attached hydrogens (tertiary/aromatic N) is 2. The molecule has 3 nitrogen and oxygen atoms in total. The molecule has 0 bridgehead atoms. The van der Waals surface area contributed by atoms with Crippen LogP contribution >= 0.6 is 0 Å². The van der Waals surface area contributed by atoms with Crippen LogP contribution < -0.4 is 5.19 Å². The predicted octanol–water partition coefficient (Wildman–Crippen LogP) is 12.1. The first-order valence-electron chi connectivity index (χ1n) is 18.1. The molecule has 0 atom stereocenters. The van der Waals surface area contributed by atoms with Crippen LogP contribution in [-0.2, 0) is 26.5 Å². The molecule has 1 fully saturated rings. The van der Waals surface area contributed by atoms with Gasteiger partial charge >= 0.3 is 0 Å². The maximum atomic E-state index is 6.40. The summed E-state index contributed by atoms with van der Waals surface area (Å²) in [4.78, 5) is 9.36. The summed E-state index contributed by atoms with van der Waals surface area (Å²) in [7, 11) is -1.34. The Bertz CT molecular complexity index is 2210. The first-order chi connectivity index (χ1) is 24.3. The molecule has 51 heavy (non-hydrogen) atoms. The number of furan rings is 1. The Hall–Kier alpha value is -4.15. The fourth-order valence-corrected chi connectivity index (χ4v) is 9.08. The van der Waals surface area contributed by atoms with E-state index in [1.54, 1.807) is 0 Å². The molecule has 0 spiro atoms. The minimum atomic E-state index is -1.34. The van der Waals surface area contributed by atoms with Crippen molar-refractivity contribution in [2.75, 3.05) is 0 Å². The Morgan fingerprint density at radius 3 is 2.31 bits per heavy atom. The van der Waals surface area contributed by atoms with Crippen molar-refractivity contribution in [3.05, 3.63) is 139 Å². The smallest absolute Gasteiger partial charge is 0.121 e. The molecule has 1 radical (unpaired) electrons. The molecule has 4 aromatic carbocycles. The normalized spacial score (nSPS) is 13.3. The average Bonchev–Trinajstić information content (AvgIpc) is 3.80. The van der Waals surface area contributed by atoms with Gasteiger partial charge in [-0.2, -0.15) is 0 Å². The van der Waals surface area contributed by atoms with Crippen LogP contribution in [0.2, 0.25) is 19.6 Å². The molecule has 0 saturated heterocycles. The third-order valence-corrected chi connectivity index (χ3v) is 12.0. The van der Waals surface area contributed by atoms with Gasteiger partial charge in [-0.1, -0.05) is 136 Å². The summed E-state index contributed by atoms with van der Waals surface area (Å²) in [5, 5.41) is 3.74. The van der Waals surface area contributed by atoms with Crippen molar-refractivity contribution in [1.29, 1.82) is 0 Å². The van der Waals surface area contributed by atoms with Crippen LogP contribution in [0.3, 0.4) is 0 Å². The summed E-state index contributed by atoms with van der Waals surface area (Å²) in [5.41, 5.74) is 11.0. The van der Waals surface area contributed by atoms with Crippen molar-refractivity contribution in [2.45, 2.75) is 71.5 Å². The van der Waals surface area contributed by atoms with Gasteiger partial charge in [0.25, 0.3) is 0 Å². The molecule has 0 unspecified atom stereocenters. The summed E-state index contributed by atoms with van der Waals surface area (Å²) >= 11 is 0. The number of benzene rings is 4. The number of fused-ring (bicyclic) bond motifs is 3. The van der Waals surface area contributed by atoms with E-state index in [1.807, 2.05) is 30.5 Å². The third kappa shape index (κ3) is 8.17. The topological polar surface area (TPSA) is 38.9 Å². The zero-order chi connectivity index (χ0) is 34.7. The zero-order valence-electron chi connectivity index (χ0n) is 30.3. The zero-order valence-corrected chi connectivity index (χ0v) is 33.7. The standard InChI is InChI=1S/C29H24NO.C17H22NSi.Ir/c1-2-10-22(11-3-1)23-12-7-15-27-28(23)25-14-6-13-24(29(25)31-27)26-19-21(16-17-30-26)18-20-8-4-5-9-20;1-13(2)15-11-16(14-9-7-6-8-10-14)18-12-17(15)19(3,4)5;/h1-3,6-7,10-12,14-17,19-20H,4-5,8-9,18H2;6-9,11-13H,1-5H3;/q2*-1;. The van der Waals surface area contributed by atoms with Gasteiger partial charge in [0.15, 0.2) is 0 Å². The van der Waals surface area contributed by atoms with E-state index in [2.05, 4.69) is 136 Å². The van der Waals surface area contributed by atoms with Crippen molar-refractivity contribution in [1.82, 2.24) is 9.97 Å². The molecule has 3 aromatic heterocycles. The predicted molar refractivity (Wildman–Crippen MR) is 212 cm³/mol. The van der Waals surface area contributed by atoms with Gasteiger partial charge in [-0.15, -0.1) is 54.1 Å². The van der Waals surface area contributed by atoms with Crippen molar-refractivity contribution in [3.63, 3.8) is 0 Å². The molecular formula is C46H46IrN2OSi-2. The van der Waals surface area contributed by atoms with Crippen LogP contribution in [0, 0.1) is 18.1 Å². The van der Waals surface area contributed by atoms with Crippen molar-refractivity contribution in [2.24, 2.45) is 5.92 Å². The fraction of sp³-hybridized carbons (Fsp3) is 0.261. The van der Waals surface area contributed by atoms with E-state index in [4.69, 9.17) is 9.40 Å². The monoisotopic (exact) mass is 863 g/mol. The number of rotatable bonds is 7. The third-order valence-electron chi connectivity index (χ3n) is 9.97. The molecule has 1 saturated carbocycles. The van der Waals surface area contributed by atoms with Gasteiger partial charge < -0.3 is 14.4 Å². The summed E-state index contributed by atoms with van der Waals surface area (Å²) in [6.45, 7) is 11.7. The Labute approximate surface area is 317 Å². The maximum Gasteiger partial charge on any atom is 0.121 e. The Morgan fingerprint density at radius 2 is 1.59 bits per heavy atom. The maximum absolute atomic E-state index is 6.40. The number of hydrogen-bond acceptors (Lipinski definition) is 3. The Balaban J connectivity index is 0.000000194. The number of aromatic nitrogens is 2. The minimum absolute atomic E-state index is 0. The second-order valence-corrected chi connectivity index (χ2v) is 20.0. The van der Waals surface area contributed by atoms with Gasteiger partial charge in [-0.3, -0.25) is 0 Å². The second kappa shape index (κ2) is 16.0. The minimum Gasteiger partial charge on any atom is -0.501 e. The number of pyridine rings is 2. The van der Waals surface area contributed by atoms with E-state index in [-0.39, 0.29) is 20.1 Å². The molecule has 0 N–H and O–H groups in total. The quantitative estimate of drug-likeness (QED) is 0.118. The van der Waals surface area contributed by atoms with Crippen LogP contribution in [0.5, 0.6) is 0 Å². The number of hydrogen-bond donors (Lipinski definition) is 0. The van der Waals surface area contributed by atoms with E-state index in [1.165, 1.54) is 53.1 Å². The molecule has 0 amide bonds. The molecule has 1 aliphatic carbocycles. The molecule has 8 rings (SSSR count). The largest absolute Gasteiger partial charge is 0.501 e. The van der Waals surface area contributed by atoms with Gasteiger partial charge in [0.2, 0.25) is 0 Å². The van der Waals surface area contributed by atoms with Gasteiger partial charge in [-0.25, -0.2) is 0 Å². The second-order valence-electron chi connectivity index (χ2n) is 15.0. The molecular weight excluding hydrogens is 817 g/mol. The van der Waals surface area contributed by atoms with Gasteiger partial charge in [-0.05, 0) is 58.1 Å². The SMILES string of the molecule is CC(C)c1cc(-c2[c-]cccc2)ncc1[Si](C)(C)C.[Ir].[c-]1ccc2c(oc3cccc(-c4ccccc4)c32)c1-c1cc(CC2CCCC2)ccn1. The van der Waals surface area contributed by atoms with Crippen molar-refractivity contribution >= 4 is 35.2 Å². The van der Waals surface area contributed by atoms with E-state index < -0.39 is 8.07 Å². The summed E-state index contributed by atoms with van der Waals surface area (Å²) in [6, 6.07) is 42.3. The Kier molecular flexibility index (Phi) is 11.5. The first kappa shape index (κ1) is 36.6. The Morgan fingerprint density at radius 1 is 0.804 bits per heavy atom. The van der Waals surface area contributed by atoms with Gasteiger partial charge in [0, 0.05) is 37.9 Å².